The number of nitrogens with two attached hydrogens (primary N) is 1. The Morgan fingerprint density at radius 2 is 1.87 bits per heavy atom. The highest BCUT2D eigenvalue weighted by Gasteiger charge is 2.28. The number of aromatic nitrogens is 2. The van der Waals surface area contributed by atoms with Crippen molar-refractivity contribution in [1.29, 1.82) is 0 Å². The molecule has 3 aromatic rings. The number of nitrogens with zero attached hydrogens (tertiary/aromatic N) is 4. The zero-order valence-corrected chi connectivity index (χ0v) is 18.6. The van der Waals surface area contributed by atoms with Crippen LogP contribution in [0.3, 0.4) is 0 Å². The molecule has 0 spiro atoms. The summed E-state index contributed by atoms with van der Waals surface area (Å²) in [7, 11) is 0. The van der Waals surface area contributed by atoms with Crippen LogP contribution in [-0.2, 0) is 0 Å². The molecule has 2 N–H and O–H groups in total. The minimum atomic E-state index is -0.429. The second kappa shape index (κ2) is 8.50. The minimum Gasteiger partial charge on any atom is -0.382 e. The van der Waals surface area contributed by atoms with Crippen molar-refractivity contribution in [2.75, 3.05) is 23.7 Å². The van der Waals surface area contributed by atoms with Crippen molar-refractivity contribution in [3.63, 3.8) is 0 Å². The van der Waals surface area contributed by atoms with Gasteiger partial charge in [0.1, 0.15) is 10.7 Å². The number of likely N-dealkylation sites (tertiary alicyclic amines) is 1. The second-order valence-electron chi connectivity index (χ2n) is 7.91. The molecular weight excluding hydrogens is 414 g/mol. The molecule has 31 heavy (non-hydrogen) atoms. The van der Waals surface area contributed by atoms with Crippen molar-refractivity contribution in [1.82, 2.24) is 15.0 Å². The van der Waals surface area contributed by atoms with E-state index in [1.165, 1.54) is 17.4 Å². The lowest BCUT2D eigenvalue weighted by molar-refractivity contribution is 0.0781. The monoisotopic (exact) mass is 439 g/mol. The number of ketones is 1. The van der Waals surface area contributed by atoms with Crippen molar-refractivity contribution in [2.45, 2.75) is 39.7 Å². The van der Waals surface area contributed by atoms with Crippen LogP contribution in [0, 0.1) is 6.92 Å². The van der Waals surface area contributed by atoms with Gasteiger partial charge in [0.2, 0.25) is 11.5 Å². The number of amides is 1. The first kappa shape index (κ1) is 21.0. The van der Waals surface area contributed by atoms with E-state index in [2.05, 4.69) is 10.1 Å². The van der Waals surface area contributed by atoms with Crippen LogP contribution in [0.2, 0.25) is 0 Å². The van der Waals surface area contributed by atoms with Crippen LogP contribution in [0.4, 0.5) is 16.6 Å². The molecule has 9 heteroatoms. The van der Waals surface area contributed by atoms with E-state index in [1.54, 1.807) is 4.90 Å². The number of rotatable bonds is 6. The number of anilines is 3. The lowest BCUT2D eigenvalue weighted by atomic mass is 10.2. The number of carbonyl (C=O) groups excluding carboxylic acids is 2. The molecule has 2 aromatic heterocycles. The summed E-state index contributed by atoms with van der Waals surface area (Å²) in [4.78, 5) is 34.0. The van der Waals surface area contributed by atoms with E-state index < -0.39 is 5.78 Å². The molecule has 162 valence electrons. The fourth-order valence-electron chi connectivity index (χ4n) is 3.60. The second-order valence-corrected chi connectivity index (χ2v) is 8.89. The zero-order chi connectivity index (χ0) is 22.1. The van der Waals surface area contributed by atoms with E-state index in [9.17, 15) is 9.59 Å². The summed E-state index contributed by atoms with van der Waals surface area (Å²) < 4.78 is 5.19. The van der Waals surface area contributed by atoms with E-state index in [4.69, 9.17) is 10.3 Å². The van der Waals surface area contributed by atoms with E-state index in [0.29, 0.717) is 18.2 Å². The van der Waals surface area contributed by atoms with E-state index in [1.807, 2.05) is 49.9 Å². The van der Waals surface area contributed by atoms with Gasteiger partial charge in [0.15, 0.2) is 10.8 Å². The van der Waals surface area contributed by atoms with Gasteiger partial charge >= 0.3 is 0 Å². The maximum absolute atomic E-state index is 13.0. The van der Waals surface area contributed by atoms with Crippen molar-refractivity contribution in [3.05, 3.63) is 52.2 Å². The fourth-order valence-corrected chi connectivity index (χ4v) is 4.68. The van der Waals surface area contributed by atoms with Crippen LogP contribution >= 0.6 is 11.3 Å². The first-order valence-corrected chi connectivity index (χ1v) is 11.1. The zero-order valence-electron chi connectivity index (χ0n) is 17.8. The van der Waals surface area contributed by atoms with Crippen LogP contribution in [0.1, 0.15) is 58.2 Å². The molecule has 3 heterocycles. The van der Waals surface area contributed by atoms with E-state index in [0.717, 1.165) is 24.1 Å². The number of hydrogen-bond acceptors (Lipinski definition) is 8. The maximum atomic E-state index is 13.0. The molecule has 0 radical (unpaired) electrons. The van der Waals surface area contributed by atoms with Crippen LogP contribution in [0.25, 0.3) is 0 Å². The summed E-state index contributed by atoms with van der Waals surface area (Å²) in [5, 5.41) is 4.43. The molecular formula is C22H25N5O3S. The number of nitrogen functional groups attached to an aromatic ring is 1. The molecule has 1 aliphatic rings. The molecule has 0 atom stereocenters. The van der Waals surface area contributed by atoms with Gasteiger partial charge in [-0.25, -0.2) is 4.98 Å². The summed E-state index contributed by atoms with van der Waals surface area (Å²) in [6, 6.07) is 9.58. The molecule has 8 nitrogen and oxygen atoms in total. The Bertz CT molecular complexity index is 1100. The van der Waals surface area contributed by atoms with Gasteiger partial charge in [-0.2, -0.15) is 0 Å². The third-order valence-electron chi connectivity index (χ3n) is 5.23. The van der Waals surface area contributed by atoms with Crippen LogP contribution in [0.15, 0.2) is 34.9 Å². The van der Waals surface area contributed by atoms with Crippen molar-refractivity contribution >= 4 is 39.7 Å². The summed E-state index contributed by atoms with van der Waals surface area (Å²) in [6.07, 6.45) is 1.95. The summed E-state index contributed by atoms with van der Waals surface area (Å²) >= 11 is 1.20. The number of thiazole rings is 1. The Hall–Kier alpha value is -3.20. The SMILES string of the molecule is Cc1ccc(N(c2nc(N)c(C(=O)c3cc(C(=O)N4CCCC4)no3)s2)C(C)C)cc1. The summed E-state index contributed by atoms with van der Waals surface area (Å²) in [6.45, 7) is 7.52. The minimum absolute atomic E-state index is 0.0177. The quantitative estimate of drug-likeness (QED) is 0.578. The molecule has 1 aliphatic heterocycles. The first-order chi connectivity index (χ1) is 14.8. The normalized spacial score (nSPS) is 13.7. The van der Waals surface area contributed by atoms with Crippen LogP contribution in [0.5, 0.6) is 0 Å². The van der Waals surface area contributed by atoms with Gasteiger partial charge in [-0.15, -0.1) is 0 Å². The van der Waals surface area contributed by atoms with Gasteiger partial charge in [-0.3, -0.25) is 9.59 Å². The summed E-state index contributed by atoms with van der Waals surface area (Å²) in [5.74, 6) is -0.534. The lowest BCUT2D eigenvalue weighted by Crippen LogP contribution is -2.27. The Labute approximate surface area is 184 Å². The molecule has 0 saturated carbocycles. The van der Waals surface area contributed by atoms with E-state index in [-0.39, 0.29) is 34.1 Å². The van der Waals surface area contributed by atoms with Gasteiger partial charge in [0, 0.05) is 30.9 Å². The highest BCUT2D eigenvalue weighted by molar-refractivity contribution is 7.18. The highest BCUT2D eigenvalue weighted by atomic mass is 32.1. The predicted octanol–water partition coefficient (Wildman–Crippen LogP) is 4.04. The largest absolute Gasteiger partial charge is 0.382 e. The van der Waals surface area contributed by atoms with Gasteiger partial charge < -0.3 is 20.1 Å². The maximum Gasteiger partial charge on any atom is 0.276 e. The number of carbonyl (C=O) groups is 2. The Morgan fingerprint density at radius 1 is 1.19 bits per heavy atom. The number of benzene rings is 1. The Morgan fingerprint density at radius 3 is 2.52 bits per heavy atom. The van der Waals surface area contributed by atoms with Crippen LogP contribution in [-0.4, -0.2) is 45.9 Å². The average molecular weight is 440 g/mol. The Balaban J connectivity index is 1.60. The molecule has 1 fully saturated rings. The van der Waals surface area contributed by atoms with Crippen molar-refractivity contribution < 1.29 is 14.1 Å². The standard InChI is InChI=1S/C22H25N5O3S/c1-13(2)27(15-8-6-14(3)7-9-15)22-24-20(23)19(31-22)18(28)17-12-16(25-30-17)21(29)26-10-4-5-11-26/h6-9,12-13H,4-5,10-11,23H2,1-3H3. The molecule has 4 rings (SSSR count). The molecule has 1 saturated heterocycles. The molecule has 1 amide bonds. The van der Waals surface area contributed by atoms with Gasteiger partial charge in [-0.05, 0) is 45.7 Å². The fraction of sp³-hybridized carbons (Fsp3) is 0.364. The van der Waals surface area contributed by atoms with Gasteiger partial charge in [0.05, 0.1) is 0 Å². The van der Waals surface area contributed by atoms with Crippen molar-refractivity contribution in [3.8, 4) is 0 Å². The predicted molar refractivity (Wildman–Crippen MR) is 120 cm³/mol. The average Bonchev–Trinajstić information content (AvgIpc) is 3.50. The number of hydrogen-bond donors (Lipinski definition) is 1. The smallest absolute Gasteiger partial charge is 0.276 e. The topological polar surface area (TPSA) is 106 Å². The van der Waals surface area contributed by atoms with Crippen LogP contribution < -0.4 is 10.6 Å². The lowest BCUT2D eigenvalue weighted by Gasteiger charge is -2.26. The Kier molecular flexibility index (Phi) is 5.77. The molecule has 0 unspecified atom stereocenters. The first-order valence-electron chi connectivity index (χ1n) is 10.3. The van der Waals surface area contributed by atoms with Gasteiger partial charge in [0.25, 0.3) is 5.91 Å². The number of aryl methyl sites for hydroxylation is 1. The summed E-state index contributed by atoms with van der Waals surface area (Å²) in [5.41, 5.74) is 8.36. The molecule has 1 aromatic carbocycles. The van der Waals surface area contributed by atoms with E-state index >= 15 is 0 Å². The third kappa shape index (κ3) is 4.18. The third-order valence-corrected chi connectivity index (χ3v) is 6.30. The molecule has 0 aliphatic carbocycles. The molecule has 0 bridgehead atoms. The van der Waals surface area contributed by atoms with Crippen molar-refractivity contribution in [2.24, 2.45) is 0 Å². The van der Waals surface area contributed by atoms with Gasteiger partial charge in [-0.1, -0.05) is 34.2 Å². The highest BCUT2D eigenvalue weighted by Crippen LogP contribution is 2.36.